The van der Waals surface area contributed by atoms with E-state index in [9.17, 15) is 25.0 Å². The monoisotopic (exact) mass is 399 g/mol. The van der Waals surface area contributed by atoms with Crippen LogP contribution in [-0.2, 0) is 9.57 Å². The Morgan fingerprint density at radius 1 is 1.11 bits per heavy atom. The van der Waals surface area contributed by atoms with Crippen LogP contribution >= 0.6 is 0 Å². The molecule has 0 aromatic carbocycles. The molecule has 4 aliphatic rings. The molecule has 10 nitrogen and oxygen atoms in total. The summed E-state index contributed by atoms with van der Waals surface area (Å²) in [6.45, 7) is 6.97. The lowest BCUT2D eigenvalue weighted by atomic mass is 9.41. The highest BCUT2D eigenvalue weighted by atomic mass is 16.9. The van der Waals surface area contributed by atoms with Crippen LogP contribution in [0.3, 0.4) is 0 Å². The van der Waals surface area contributed by atoms with Crippen molar-refractivity contribution in [1.82, 2.24) is 5.01 Å². The van der Waals surface area contributed by atoms with Crippen LogP contribution in [0.25, 0.3) is 0 Å². The minimum atomic E-state index is -0.999. The number of amides is 1. The minimum absolute atomic E-state index is 0.0835. The van der Waals surface area contributed by atoms with Crippen molar-refractivity contribution in [3.8, 4) is 0 Å². The smallest absolute Gasteiger partial charge is 0.440 e. The van der Waals surface area contributed by atoms with Gasteiger partial charge in [-0.25, -0.2) is 14.9 Å². The maximum Gasteiger partial charge on any atom is 0.469 e. The van der Waals surface area contributed by atoms with Crippen LogP contribution in [0.4, 0.5) is 4.79 Å². The van der Waals surface area contributed by atoms with Gasteiger partial charge >= 0.3 is 6.09 Å². The van der Waals surface area contributed by atoms with E-state index in [2.05, 4.69) is 0 Å². The normalized spacial score (nSPS) is 36.1. The second kappa shape index (κ2) is 6.45. The van der Waals surface area contributed by atoms with Gasteiger partial charge in [-0.3, -0.25) is 0 Å². The Morgan fingerprint density at radius 3 is 2.25 bits per heavy atom. The summed E-state index contributed by atoms with van der Waals surface area (Å²) in [6, 6.07) is 0. The van der Waals surface area contributed by atoms with Crippen LogP contribution in [0.1, 0.15) is 72.6 Å². The molecule has 0 spiro atoms. The SMILES string of the molecule is CCC12CC3CC(CO[N+](=O)[O-])(C1)CC(N(C(=O)OC(C)(C)C)[N+](=O)[O-])(C3)C2. The van der Waals surface area contributed by atoms with Gasteiger partial charge in [-0.05, 0) is 81.1 Å². The molecule has 4 saturated carbocycles. The van der Waals surface area contributed by atoms with E-state index < -0.39 is 32.8 Å². The minimum Gasteiger partial charge on any atom is -0.440 e. The highest BCUT2D eigenvalue weighted by Crippen LogP contribution is 2.69. The summed E-state index contributed by atoms with van der Waals surface area (Å²) in [4.78, 5) is 40.4. The first-order valence-electron chi connectivity index (χ1n) is 9.78. The van der Waals surface area contributed by atoms with Crippen molar-refractivity contribution >= 4 is 6.09 Å². The van der Waals surface area contributed by atoms with Crippen molar-refractivity contribution in [2.75, 3.05) is 6.61 Å². The van der Waals surface area contributed by atoms with E-state index in [0.29, 0.717) is 24.3 Å². The number of nitrogens with zero attached hydrogens (tertiary/aromatic N) is 3. The summed E-state index contributed by atoms with van der Waals surface area (Å²) in [5, 5.41) is 22.0. The Balaban J connectivity index is 1.99. The quantitative estimate of drug-likeness (QED) is 0.492. The van der Waals surface area contributed by atoms with Gasteiger partial charge in [-0.2, -0.15) is 0 Å². The topological polar surface area (TPSA) is 125 Å². The van der Waals surface area contributed by atoms with Crippen LogP contribution in [0.15, 0.2) is 0 Å². The highest BCUT2D eigenvalue weighted by Gasteiger charge is 2.68. The van der Waals surface area contributed by atoms with Crippen molar-refractivity contribution in [3.05, 3.63) is 20.2 Å². The molecule has 4 rings (SSSR count). The number of rotatable bonds is 6. The van der Waals surface area contributed by atoms with Gasteiger partial charge < -0.3 is 9.57 Å². The van der Waals surface area contributed by atoms with Gasteiger partial charge in [0, 0.05) is 0 Å². The molecule has 4 aliphatic carbocycles. The van der Waals surface area contributed by atoms with Crippen LogP contribution in [-0.4, -0.2) is 39.0 Å². The van der Waals surface area contributed by atoms with E-state index in [-0.39, 0.29) is 17.9 Å². The molecule has 0 saturated heterocycles. The average molecular weight is 399 g/mol. The summed E-state index contributed by atoms with van der Waals surface area (Å²) >= 11 is 0. The lowest BCUT2D eigenvalue weighted by molar-refractivity contribution is -0.762. The summed E-state index contributed by atoms with van der Waals surface area (Å²) in [5.41, 5.74) is -2.56. The van der Waals surface area contributed by atoms with Gasteiger partial charge in [0.15, 0.2) is 5.03 Å². The van der Waals surface area contributed by atoms with Crippen molar-refractivity contribution < 1.29 is 24.5 Å². The van der Waals surface area contributed by atoms with E-state index >= 15 is 0 Å². The first-order chi connectivity index (χ1) is 12.8. The Morgan fingerprint density at radius 2 is 1.71 bits per heavy atom. The predicted molar refractivity (Wildman–Crippen MR) is 97.1 cm³/mol. The number of hydrogen-bond acceptors (Lipinski definition) is 7. The van der Waals surface area contributed by atoms with Gasteiger partial charge in [0.25, 0.3) is 5.09 Å². The fourth-order valence-electron chi connectivity index (χ4n) is 6.51. The Labute approximate surface area is 163 Å². The van der Waals surface area contributed by atoms with E-state index in [1.54, 1.807) is 20.8 Å². The number of hydrogen-bond donors (Lipinski definition) is 0. The predicted octanol–water partition coefficient (Wildman–Crippen LogP) is 3.74. The molecule has 0 radical (unpaired) electrons. The Bertz CT molecular complexity index is 693. The van der Waals surface area contributed by atoms with Crippen molar-refractivity contribution in [3.63, 3.8) is 0 Å². The van der Waals surface area contributed by atoms with Crippen LogP contribution in [0.2, 0.25) is 0 Å². The molecule has 0 aromatic heterocycles. The number of ether oxygens (including phenoxy) is 1. The van der Waals surface area contributed by atoms with Gasteiger partial charge in [0.05, 0.1) is 0 Å². The van der Waals surface area contributed by atoms with Crippen LogP contribution < -0.4 is 0 Å². The third-order valence-electron chi connectivity index (χ3n) is 6.68. The van der Waals surface area contributed by atoms with Gasteiger partial charge in [-0.15, -0.1) is 10.1 Å². The number of nitro groups is 1. The molecule has 4 fully saturated rings. The molecule has 0 N–H and O–H groups in total. The molecule has 158 valence electrons. The second-order valence-corrected chi connectivity index (χ2v) is 10.1. The van der Waals surface area contributed by atoms with Gasteiger partial charge in [-0.1, -0.05) is 13.3 Å². The molecule has 0 aromatic rings. The zero-order valence-electron chi connectivity index (χ0n) is 16.9. The second-order valence-electron chi connectivity index (χ2n) is 10.1. The molecule has 4 atom stereocenters. The van der Waals surface area contributed by atoms with Crippen LogP contribution in [0, 0.1) is 37.0 Å². The third-order valence-corrected chi connectivity index (χ3v) is 6.68. The van der Waals surface area contributed by atoms with Crippen molar-refractivity contribution in [1.29, 1.82) is 0 Å². The molecular formula is C18H29N3O7. The third kappa shape index (κ3) is 3.60. The molecule has 0 heterocycles. The summed E-state index contributed by atoms with van der Waals surface area (Å²) < 4.78 is 5.35. The van der Waals surface area contributed by atoms with E-state index in [0.717, 1.165) is 25.7 Å². The molecule has 0 aliphatic heterocycles. The highest BCUT2D eigenvalue weighted by molar-refractivity contribution is 5.68. The first-order valence-corrected chi connectivity index (χ1v) is 9.78. The average Bonchev–Trinajstić information content (AvgIpc) is 2.49. The summed E-state index contributed by atoms with van der Waals surface area (Å²) in [5.74, 6) is 0.177. The number of carbonyl (C=O) groups excluding carboxylic acids is 1. The zero-order chi connectivity index (χ0) is 21.0. The fourth-order valence-corrected chi connectivity index (χ4v) is 6.51. The fraction of sp³-hybridized carbons (Fsp3) is 0.944. The molecule has 1 amide bonds. The molecule has 4 unspecified atom stereocenters. The maximum absolute atomic E-state index is 12.8. The lowest BCUT2D eigenvalue weighted by Gasteiger charge is -2.66. The van der Waals surface area contributed by atoms with E-state index in [1.807, 2.05) is 6.92 Å². The molecule has 28 heavy (non-hydrogen) atoms. The Kier molecular flexibility index (Phi) is 4.75. The van der Waals surface area contributed by atoms with Crippen LogP contribution in [0.5, 0.6) is 0 Å². The van der Waals surface area contributed by atoms with Crippen molar-refractivity contribution in [2.45, 2.75) is 83.8 Å². The maximum atomic E-state index is 12.8. The standard InChI is InChI=1S/C18H29N3O7/c1-5-16-6-13-7-17(9-16,12-27-21(25)26)11-18(8-13,10-16)19(20(23)24)14(22)28-15(2,3)4/h13H,5-12H2,1-4H3. The summed E-state index contributed by atoms with van der Waals surface area (Å²) in [7, 11) is 0. The molecule has 10 heteroatoms. The summed E-state index contributed by atoms with van der Waals surface area (Å²) in [6.07, 6.45) is 3.63. The number of carbonyl (C=O) groups is 1. The lowest BCUT2D eigenvalue weighted by Crippen LogP contribution is -2.69. The van der Waals surface area contributed by atoms with E-state index in [1.165, 1.54) is 0 Å². The largest absolute Gasteiger partial charge is 0.469 e. The van der Waals surface area contributed by atoms with Crippen molar-refractivity contribution in [2.24, 2.45) is 16.7 Å². The van der Waals surface area contributed by atoms with Gasteiger partial charge in [0.2, 0.25) is 0 Å². The molecule has 4 bridgehead atoms. The van der Waals surface area contributed by atoms with Gasteiger partial charge in [0.1, 0.15) is 17.7 Å². The van der Waals surface area contributed by atoms with E-state index in [4.69, 9.17) is 9.57 Å². The Hall–Kier alpha value is -2.13. The first kappa shape index (κ1) is 20.6. The number of hydrazine groups is 1. The zero-order valence-corrected chi connectivity index (χ0v) is 16.9. The molecular weight excluding hydrogens is 370 g/mol.